The summed E-state index contributed by atoms with van der Waals surface area (Å²) >= 11 is 0. The van der Waals surface area contributed by atoms with Crippen LogP contribution in [-0.2, 0) is 12.8 Å². The van der Waals surface area contributed by atoms with Crippen LogP contribution < -0.4 is 4.90 Å². The van der Waals surface area contributed by atoms with Gasteiger partial charge in [-0.15, -0.1) is 0 Å². The summed E-state index contributed by atoms with van der Waals surface area (Å²) in [6.45, 7) is 0.970. The van der Waals surface area contributed by atoms with E-state index in [1.165, 1.54) is 22.4 Å². The van der Waals surface area contributed by atoms with E-state index >= 15 is 0 Å². The number of anilines is 1. The number of fused-ring (bicyclic) bond motifs is 1. The quantitative estimate of drug-likeness (QED) is 0.754. The van der Waals surface area contributed by atoms with Crippen LogP contribution in [0.5, 0.6) is 5.75 Å². The van der Waals surface area contributed by atoms with Crippen LogP contribution in [-0.4, -0.2) is 11.7 Å². The van der Waals surface area contributed by atoms with Crippen molar-refractivity contribution in [2.45, 2.75) is 18.9 Å². The maximum atomic E-state index is 9.83. The first-order valence-corrected chi connectivity index (χ1v) is 8.49. The molecular weight excluding hydrogens is 294 g/mol. The van der Waals surface area contributed by atoms with Gasteiger partial charge in [-0.05, 0) is 53.8 Å². The van der Waals surface area contributed by atoms with Crippen molar-refractivity contribution in [2.24, 2.45) is 0 Å². The average molecular weight is 315 g/mol. The summed E-state index contributed by atoms with van der Waals surface area (Å²) in [6, 6.07) is 27.4. The van der Waals surface area contributed by atoms with E-state index in [9.17, 15) is 5.11 Å². The normalized spacial score (nSPS) is 16.7. The van der Waals surface area contributed by atoms with Gasteiger partial charge in [-0.2, -0.15) is 0 Å². The van der Waals surface area contributed by atoms with Crippen molar-refractivity contribution in [3.05, 3.63) is 95.6 Å². The Morgan fingerprint density at radius 3 is 2.33 bits per heavy atom. The summed E-state index contributed by atoms with van der Waals surface area (Å²) in [4.78, 5) is 2.49. The molecule has 2 heteroatoms. The molecule has 1 aliphatic rings. The number of aromatic hydroxyl groups is 1. The molecule has 4 rings (SSSR count). The van der Waals surface area contributed by atoms with Crippen LogP contribution in [0.15, 0.2) is 78.9 Å². The number of hydrogen-bond donors (Lipinski definition) is 1. The standard InChI is InChI=1S/C22H21NO/c24-20-11-12-21-18(16-20)13-14-23(19-9-5-2-6-10-19)22(21)15-17-7-3-1-4-8-17/h1-12,16,22,24H,13-15H2. The van der Waals surface area contributed by atoms with Gasteiger partial charge in [0.2, 0.25) is 0 Å². The van der Waals surface area contributed by atoms with E-state index in [4.69, 9.17) is 0 Å². The predicted molar refractivity (Wildman–Crippen MR) is 98.5 cm³/mol. The third-order valence-corrected chi connectivity index (χ3v) is 4.84. The molecule has 1 unspecified atom stereocenters. The summed E-state index contributed by atoms with van der Waals surface area (Å²) < 4.78 is 0. The lowest BCUT2D eigenvalue weighted by Crippen LogP contribution is -2.36. The van der Waals surface area contributed by atoms with Gasteiger partial charge in [-0.1, -0.05) is 54.6 Å². The monoisotopic (exact) mass is 315 g/mol. The van der Waals surface area contributed by atoms with Gasteiger partial charge in [0.1, 0.15) is 5.75 Å². The topological polar surface area (TPSA) is 23.5 Å². The van der Waals surface area contributed by atoms with Crippen LogP contribution in [0.3, 0.4) is 0 Å². The molecule has 3 aromatic carbocycles. The van der Waals surface area contributed by atoms with Crippen LogP contribution in [0.1, 0.15) is 22.7 Å². The number of nitrogens with zero attached hydrogens (tertiary/aromatic N) is 1. The molecule has 1 heterocycles. The lowest BCUT2D eigenvalue weighted by atomic mass is 9.88. The van der Waals surface area contributed by atoms with Gasteiger partial charge in [0.15, 0.2) is 0 Å². The average Bonchev–Trinajstić information content (AvgIpc) is 2.63. The molecular formula is C22H21NO. The largest absolute Gasteiger partial charge is 0.508 e. The van der Waals surface area contributed by atoms with Crippen molar-refractivity contribution < 1.29 is 5.11 Å². The summed E-state index contributed by atoms with van der Waals surface area (Å²) in [7, 11) is 0. The molecule has 24 heavy (non-hydrogen) atoms. The van der Waals surface area contributed by atoms with Crippen molar-refractivity contribution in [3.8, 4) is 5.75 Å². The third kappa shape index (κ3) is 2.88. The Labute approximate surface area is 143 Å². The number of para-hydroxylation sites is 1. The Bertz CT molecular complexity index is 814. The van der Waals surface area contributed by atoms with E-state index in [0.717, 1.165) is 19.4 Å². The van der Waals surface area contributed by atoms with Crippen molar-refractivity contribution in [2.75, 3.05) is 11.4 Å². The molecule has 0 fully saturated rings. The first kappa shape index (κ1) is 14.8. The minimum absolute atomic E-state index is 0.291. The fraction of sp³-hybridized carbons (Fsp3) is 0.182. The summed E-state index contributed by atoms with van der Waals surface area (Å²) in [5.74, 6) is 0.361. The molecule has 0 bridgehead atoms. The van der Waals surface area contributed by atoms with Crippen molar-refractivity contribution >= 4 is 5.69 Å². The highest BCUT2D eigenvalue weighted by Gasteiger charge is 2.27. The van der Waals surface area contributed by atoms with Gasteiger partial charge < -0.3 is 10.0 Å². The maximum absolute atomic E-state index is 9.83. The molecule has 120 valence electrons. The van der Waals surface area contributed by atoms with Crippen LogP contribution in [0.4, 0.5) is 5.69 Å². The van der Waals surface area contributed by atoms with Gasteiger partial charge in [-0.3, -0.25) is 0 Å². The summed E-state index contributed by atoms with van der Waals surface area (Å²) in [5.41, 5.74) is 5.19. The molecule has 2 nitrogen and oxygen atoms in total. The zero-order valence-corrected chi connectivity index (χ0v) is 13.6. The van der Waals surface area contributed by atoms with E-state index < -0.39 is 0 Å². The zero-order chi connectivity index (χ0) is 16.4. The van der Waals surface area contributed by atoms with Crippen LogP contribution in [0.2, 0.25) is 0 Å². The zero-order valence-electron chi connectivity index (χ0n) is 13.6. The molecule has 1 aliphatic heterocycles. The molecule has 0 aliphatic carbocycles. The number of phenolic OH excluding ortho intramolecular Hbond substituents is 1. The van der Waals surface area contributed by atoms with E-state index in [2.05, 4.69) is 71.6 Å². The SMILES string of the molecule is Oc1ccc2c(c1)CCN(c1ccccc1)C2Cc1ccccc1. The van der Waals surface area contributed by atoms with Crippen LogP contribution in [0, 0.1) is 0 Å². The molecule has 1 atom stereocenters. The van der Waals surface area contributed by atoms with Crippen LogP contribution in [0.25, 0.3) is 0 Å². The Kier molecular flexibility index (Phi) is 3.96. The van der Waals surface area contributed by atoms with Gasteiger partial charge in [-0.25, -0.2) is 0 Å². The molecule has 3 aromatic rings. The Balaban J connectivity index is 1.75. The molecule has 0 saturated carbocycles. The Hall–Kier alpha value is -2.74. The molecule has 0 amide bonds. The Morgan fingerprint density at radius 2 is 1.58 bits per heavy atom. The second kappa shape index (κ2) is 6.40. The molecule has 0 radical (unpaired) electrons. The number of hydrogen-bond acceptors (Lipinski definition) is 2. The van der Waals surface area contributed by atoms with Crippen molar-refractivity contribution in [1.82, 2.24) is 0 Å². The maximum Gasteiger partial charge on any atom is 0.115 e. The van der Waals surface area contributed by atoms with E-state index in [1.54, 1.807) is 0 Å². The second-order valence-corrected chi connectivity index (χ2v) is 6.37. The summed E-state index contributed by atoms with van der Waals surface area (Å²) in [5, 5.41) is 9.83. The number of rotatable bonds is 3. The van der Waals surface area contributed by atoms with E-state index in [0.29, 0.717) is 11.8 Å². The van der Waals surface area contributed by atoms with Gasteiger partial charge >= 0.3 is 0 Å². The highest BCUT2D eigenvalue weighted by molar-refractivity contribution is 5.53. The molecule has 0 saturated heterocycles. The fourth-order valence-corrected chi connectivity index (χ4v) is 3.68. The highest BCUT2D eigenvalue weighted by Crippen LogP contribution is 2.37. The highest BCUT2D eigenvalue weighted by atomic mass is 16.3. The van der Waals surface area contributed by atoms with Crippen molar-refractivity contribution in [3.63, 3.8) is 0 Å². The smallest absolute Gasteiger partial charge is 0.115 e. The van der Waals surface area contributed by atoms with Crippen LogP contribution >= 0.6 is 0 Å². The van der Waals surface area contributed by atoms with Gasteiger partial charge in [0.25, 0.3) is 0 Å². The second-order valence-electron chi connectivity index (χ2n) is 6.37. The van der Waals surface area contributed by atoms with E-state index in [1.807, 2.05) is 12.1 Å². The minimum atomic E-state index is 0.291. The van der Waals surface area contributed by atoms with Gasteiger partial charge in [0, 0.05) is 12.2 Å². The summed E-state index contributed by atoms with van der Waals surface area (Å²) in [6.07, 6.45) is 1.93. The third-order valence-electron chi connectivity index (χ3n) is 4.84. The first-order chi connectivity index (χ1) is 11.8. The minimum Gasteiger partial charge on any atom is -0.508 e. The first-order valence-electron chi connectivity index (χ1n) is 8.49. The number of phenols is 1. The van der Waals surface area contributed by atoms with Gasteiger partial charge in [0.05, 0.1) is 6.04 Å². The number of benzene rings is 3. The van der Waals surface area contributed by atoms with E-state index in [-0.39, 0.29) is 0 Å². The molecule has 0 aromatic heterocycles. The molecule has 0 spiro atoms. The predicted octanol–water partition coefficient (Wildman–Crippen LogP) is 4.74. The lowest BCUT2D eigenvalue weighted by molar-refractivity contribution is 0.472. The Morgan fingerprint density at radius 1 is 0.875 bits per heavy atom. The van der Waals surface area contributed by atoms with Crippen molar-refractivity contribution in [1.29, 1.82) is 0 Å². The lowest BCUT2D eigenvalue weighted by Gasteiger charge is -2.39. The molecule has 1 N–H and O–H groups in total. The fourth-order valence-electron chi connectivity index (χ4n) is 3.68.